The van der Waals surface area contributed by atoms with E-state index in [9.17, 15) is 4.79 Å². The maximum atomic E-state index is 12.3. The maximum Gasteiger partial charge on any atom is 0.239 e. The van der Waals surface area contributed by atoms with Gasteiger partial charge in [0.1, 0.15) is 0 Å². The molecule has 1 aliphatic heterocycles. The molecule has 0 aliphatic carbocycles. The summed E-state index contributed by atoms with van der Waals surface area (Å²) >= 11 is 0. The van der Waals surface area contributed by atoms with E-state index in [0.717, 1.165) is 64.5 Å². The highest BCUT2D eigenvalue weighted by atomic mass is 127. The first-order valence-corrected chi connectivity index (χ1v) is 11.0. The molecule has 0 spiro atoms. The van der Waals surface area contributed by atoms with Gasteiger partial charge in [-0.1, -0.05) is 0 Å². The lowest BCUT2D eigenvalue weighted by Gasteiger charge is -2.30. The van der Waals surface area contributed by atoms with Crippen LogP contribution in [-0.2, 0) is 4.79 Å². The predicted octanol–water partition coefficient (Wildman–Crippen LogP) is 2.22. The van der Waals surface area contributed by atoms with Gasteiger partial charge in [-0.25, -0.2) is 0 Å². The summed E-state index contributed by atoms with van der Waals surface area (Å²) in [6, 6.07) is 1.14. The van der Waals surface area contributed by atoms with Crippen LogP contribution < -0.4 is 10.6 Å². The number of carbonyl (C=O) groups excluding carboxylic acids is 1. The van der Waals surface area contributed by atoms with Crippen molar-refractivity contribution in [2.24, 2.45) is 4.99 Å². The Bertz CT molecular complexity index is 476. The summed E-state index contributed by atoms with van der Waals surface area (Å²) in [6.45, 7) is 16.5. The minimum absolute atomic E-state index is 0. The monoisotopic (exact) mass is 524 g/mol. The van der Waals surface area contributed by atoms with Crippen molar-refractivity contribution >= 4 is 35.8 Å². The highest BCUT2D eigenvalue weighted by Crippen LogP contribution is 2.18. The summed E-state index contributed by atoms with van der Waals surface area (Å²) in [5, 5.41) is 6.79. The van der Waals surface area contributed by atoms with Crippen molar-refractivity contribution in [1.29, 1.82) is 0 Å². The lowest BCUT2D eigenvalue weighted by atomic mass is 10.2. The minimum Gasteiger partial charge on any atom is -0.357 e. The van der Waals surface area contributed by atoms with Crippen molar-refractivity contribution in [3.63, 3.8) is 0 Å². The largest absolute Gasteiger partial charge is 0.357 e. The number of nitrogens with one attached hydrogen (secondary N) is 2. The van der Waals surface area contributed by atoms with Crippen LogP contribution in [0.15, 0.2) is 4.99 Å². The van der Waals surface area contributed by atoms with Gasteiger partial charge in [-0.15, -0.1) is 24.0 Å². The van der Waals surface area contributed by atoms with Crippen LogP contribution in [0.2, 0.25) is 0 Å². The summed E-state index contributed by atoms with van der Waals surface area (Å²) in [7, 11) is 3.69. The third-order valence-corrected chi connectivity index (χ3v) is 5.30. The van der Waals surface area contributed by atoms with E-state index in [4.69, 9.17) is 4.99 Å². The molecule has 1 fully saturated rings. The van der Waals surface area contributed by atoms with Crippen molar-refractivity contribution in [2.45, 2.75) is 72.0 Å². The molecule has 0 aromatic rings. The second kappa shape index (κ2) is 15.2. The number of guanidine groups is 1. The average molecular weight is 525 g/mol. The molecule has 0 bridgehead atoms. The second-order valence-electron chi connectivity index (χ2n) is 8.39. The standard InChI is InChI=1S/C21H44N6O.HI/c1-8-22-21(24-13-16-27(17(2)3)18(4)5)23-12-10-15-26-14-9-11-19(26)20(28)25(6)7;/h17-19H,8-16H2,1-7H3,(H2,22,23,24);1H. The van der Waals surface area contributed by atoms with Crippen molar-refractivity contribution in [1.82, 2.24) is 25.3 Å². The highest BCUT2D eigenvalue weighted by Gasteiger charge is 2.30. The van der Waals surface area contributed by atoms with Gasteiger partial charge in [-0.05, 0) is 60.4 Å². The molecule has 1 heterocycles. The Kier molecular flexibility index (Phi) is 14.9. The van der Waals surface area contributed by atoms with Crippen LogP contribution >= 0.6 is 24.0 Å². The number of aliphatic imine (C=N–C) groups is 1. The average Bonchev–Trinajstić information content (AvgIpc) is 3.08. The SMILES string of the molecule is CCNC(=NCCCN1CCCC1C(=O)N(C)C)NCCN(C(C)C)C(C)C.I. The zero-order valence-electron chi connectivity index (χ0n) is 19.7. The Labute approximate surface area is 196 Å². The molecular weight excluding hydrogens is 479 g/mol. The third-order valence-electron chi connectivity index (χ3n) is 5.30. The number of likely N-dealkylation sites (tertiary alicyclic amines) is 1. The molecular formula is C21H45IN6O. The van der Waals surface area contributed by atoms with Gasteiger partial charge in [0.05, 0.1) is 6.04 Å². The van der Waals surface area contributed by atoms with Crippen LogP contribution in [0.5, 0.6) is 0 Å². The molecule has 0 radical (unpaired) electrons. The molecule has 0 aromatic heterocycles. The van der Waals surface area contributed by atoms with Crippen LogP contribution in [0.4, 0.5) is 0 Å². The van der Waals surface area contributed by atoms with E-state index in [1.165, 1.54) is 0 Å². The molecule has 1 atom stereocenters. The number of rotatable bonds is 11. The summed E-state index contributed by atoms with van der Waals surface area (Å²) in [6.07, 6.45) is 3.06. The van der Waals surface area contributed by atoms with Crippen molar-refractivity contribution in [3.8, 4) is 0 Å². The molecule has 0 aromatic carbocycles. The van der Waals surface area contributed by atoms with E-state index in [0.29, 0.717) is 12.1 Å². The Morgan fingerprint density at radius 1 is 1.17 bits per heavy atom. The van der Waals surface area contributed by atoms with Gasteiger partial charge in [0, 0.05) is 58.9 Å². The number of carbonyl (C=O) groups is 1. The van der Waals surface area contributed by atoms with Gasteiger partial charge in [0.2, 0.25) is 5.91 Å². The molecule has 7 nitrogen and oxygen atoms in total. The van der Waals surface area contributed by atoms with Crippen molar-refractivity contribution in [3.05, 3.63) is 0 Å². The fourth-order valence-corrected chi connectivity index (χ4v) is 3.89. The summed E-state index contributed by atoms with van der Waals surface area (Å²) < 4.78 is 0. The summed E-state index contributed by atoms with van der Waals surface area (Å²) in [5.74, 6) is 1.12. The van der Waals surface area contributed by atoms with Gasteiger partial charge < -0.3 is 15.5 Å². The first kappa shape index (κ1) is 28.4. The van der Waals surface area contributed by atoms with Gasteiger partial charge in [-0.3, -0.25) is 19.6 Å². The number of likely N-dealkylation sites (N-methyl/N-ethyl adjacent to an activating group) is 1. The van der Waals surface area contributed by atoms with Gasteiger partial charge in [0.15, 0.2) is 5.96 Å². The van der Waals surface area contributed by atoms with Crippen LogP contribution in [0.1, 0.15) is 53.9 Å². The first-order valence-electron chi connectivity index (χ1n) is 11.0. The summed E-state index contributed by atoms with van der Waals surface area (Å²) in [5.41, 5.74) is 0. The van der Waals surface area contributed by atoms with E-state index in [1.54, 1.807) is 4.90 Å². The fourth-order valence-electron chi connectivity index (χ4n) is 3.89. The third kappa shape index (κ3) is 10.3. The quantitative estimate of drug-likeness (QED) is 0.188. The van der Waals surface area contributed by atoms with Crippen LogP contribution in [0, 0.1) is 0 Å². The van der Waals surface area contributed by atoms with Crippen molar-refractivity contribution < 1.29 is 4.79 Å². The van der Waals surface area contributed by atoms with E-state index in [2.05, 4.69) is 55.1 Å². The Morgan fingerprint density at radius 3 is 2.38 bits per heavy atom. The number of hydrogen-bond acceptors (Lipinski definition) is 4. The Balaban J connectivity index is 0.00000784. The second-order valence-corrected chi connectivity index (χ2v) is 8.39. The molecule has 172 valence electrons. The first-order chi connectivity index (χ1) is 13.3. The van der Waals surface area contributed by atoms with E-state index in [-0.39, 0.29) is 35.9 Å². The number of amides is 1. The lowest BCUT2D eigenvalue weighted by molar-refractivity contribution is -0.133. The zero-order valence-corrected chi connectivity index (χ0v) is 22.0. The number of halogens is 1. The molecule has 1 rings (SSSR count). The molecule has 2 N–H and O–H groups in total. The number of nitrogens with zero attached hydrogens (tertiary/aromatic N) is 4. The fraction of sp³-hybridized carbons (Fsp3) is 0.905. The van der Waals surface area contributed by atoms with Crippen LogP contribution in [0.25, 0.3) is 0 Å². The van der Waals surface area contributed by atoms with Gasteiger partial charge in [0.25, 0.3) is 0 Å². The molecule has 29 heavy (non-hydrogen) atoms. The normalized spacial score (nSPS) is 17.7. The minimum atomic E-state index is 0. The Morgan fingerprint density at radius 2 is 1.83 bits per heavy atom. The molecule has 8 heteroatoms. The molecule has 1 amide bonds. The van der Waals surface area contributed by atoms with E-state index in [1.807, 2.05) is 14.1 Å². The predicted molar refractivity (Wildman–Crippen MR) is 134 cm³/mol. The molecule has 0 saturated carbocycles. The van der Waals surface area contributed by atoms with Crippen LogP contribution in [-0.4, -0.2) is 98.1 Å². The lowest BCUT2D eigenvalue weighted by Crippen LogP contribution is -2.45. The molecule has 1 unspecified atom stereocenters. The zero-order chi connectivity index (χ0) is 21.1. The summed E-state index contributed by atoms with van der Waals surface area (Å²) in [4.78, 5) is 23.5. The number of hydrogen-bond donors (Lipinski definition) is 2. The topological polar surface area (TPSA) is 63.2 Å². The maximum absolute atomic E-state index is 12.3. The highest BCUT2D eigenvalue weighted by molar-refractivity contribution is 14.0. The molecule has 1 aliphatic rings. The van der Waals surface area contributed by atoms with Crippen molar-refractivity contribution in [2.75, 3.05) is 53.4 Å². The Hall–Kier alpha value is -0.610. The molecule has 1 saturated heterocycles. The van der Waals surface area contributed by atoms with E-state index >= 15 is 0 Å². The van der Waals surface area contributed by atoms with Gasteiger partial charge in [-0.2, -0.15) is 0 Å². The van der Waals surface area contributed by atoms with E-state index < -0.39 is 0 Å². The van der Waals surface area contributed by atoms with Gasteiger partial charge >= 0.3 is 0 Å². The van der Waals surface area contributed by atoms with Crippen LogP contribution in [0.3, 0.4) is 0 Å². The smallest absolute Gasteiger partial charge is 0.239 e.